The third-order valence-corrected chi connectivity index (χ3v) is 8.62. The molecule has 15 nitrogen and oxygen atoms in total. The fourth-order valence-corrected chi connectivity index (χ4v) is 5.63. The van der Waals surface area contributed by atoms with Gasteiger partial charge in [-0.2, -0.15) is 0 Å². The number of nitrogens with two attached hydrogens (primary N) is 5. The van der Waals surface area contributed by atoms with E-state index in [9.17, 15) is 19.2 Å². The van der Waals surface area contributed by atoms with E-state index in [0.29, 0.717) is 32.4 Å². The molecule has 0 radical (unpaired) electrons. The minimum Gasteiger partial charge on any atom is -0.370 e. The molecular formula is C38H55N11O4. The van der Waals surface area contributed by atoms with Crippen molar-refractivity contribution in [2.24, 2.45) is 28.7 Å². The summed E-state index contributed by atoms with van der Waals surface area (Å²) in [5.74, 6) is -2.65. The van der Waals surface area contributed by atoms with Gasteiger partial charge in [-0.1, -0.05) is 84.4 Å². The highest BCUT2D eigenvalue weighted by Gasteiger charge is 2.30. The van der Waals surface area contributed by atoms with Crippen molar-refractivity contribution in [1.82, 2.24) is 26.6 Å². The van der Waals surface area contributed by atoms with Crippen LogP contribution in [0.2, 0.25) is 0 Å². The predicted octanol–water partition coefficient (Wildman–Crippen LogP) is -0.0616. The molecule has 0 aliphatic heterocycles. The molecule has 0 saturated heterocycles. The van der Waals surface area contributed by atoms with Gasteiger partial charge in [0.15, 0.2) is 5.96 Å². The third-order valence-electron chi connectivity index (χ3n) is 8.62. The monoisotopic (exact) mass is 729 g/mol. The Morgan fingerprint density at radius 3 is 1.79 bits per heavy atom. The molecule has 53 heavy (non-hydrogen) atoms. The van der Waals surface area contributed by atoms with Crippen LogP contribution in [0.25, 0.3) is 11.1 Å². The van der Waals surface area contributed by atoms with Crippen molar-refractivity contribution in [3.8, 4) is 11.1 Å². The summed E-state index contributed by atoms with van der Waals surface area (Å²) in [7, 11) is 0. The van der Waals surface area contributed by atoms with Crippen LogP contribution in [0.4, 0.5) is 0 Å². The van der Waals surface area contributed by atoms with E-state index in [1.807, 2.05) is 85.8 Å². The second kappa shape index (κ2) is 21.9. The molecule has 16 N–H and O–H groups in total. The van der Waals surface area contributed by atoms with E-state index in [-0.39, 0.29) is 31.6 Å². The van der Waals surface area contributed by atoms with Crippen LogP contribution in [0.1, 0.15) is 48.8 Å². The molecule has 0 aliphatic rings. The Morgan fingerprint density at radius 2 is 1.17 bits per heavy atom. The largest absolute Gasteiger partial charge is 0.370 e. The first-order valence-electron chi connectivity index (χ1n) is 17.8. The highest BCUT2D eigenvalue weighted by atomic mass is 16.2. The number of carbonyl (C=O) groups is 4. The van der Waals surface area contributed by atoms with E-state index in [4.69, 9.17) is 34.1 Å². The third kappa shape index (κ3) is 15.4. The van der Waals surface area contributed by atoms with Gasteiger partial charge in [0.2, 0.25) is 23.6 Å². The number of amides is 4. The molecular weight excluding hydrogens is 674 g/mol. The van der Waals surface area contributed by atoms with Crippen molar-refractivity contribution < 1.29 is 19.2 Å². The normalized spacial score (nSPS) is 13.3. The molecule has 286 valence electrons. The zero-order valence-electron chi connectivity index (χ0n) is 30.3. The maximum absolute atomic E-state index is 14.0. The van der Waals surface area contributed by atoms with Gasteiger partial charge in [-0.05, 0) is 74.2 Å². The molecule has 0 aliphatic carbocycles. The summed E-state index contributed by atoms with van der Waals surface area (Å²) >= 11 is 0. The topological polar surface area (TPSA) is 282 Å². The minimum absolute atomic E-state index is 0.0812. The van der Waals surface area contributed by atoms with Gasteiger partial charge in [-0.15, -0.1) is 0 Å². The number of hydrogen-bond acceptors (Lipinski definition) is 9. The second-order valence-corrected chi connectivity index (χ2v) is 13.1. The lowest BCUT2D eigenvalue weighted by Crippen LogP contribution is -2.58. The number of hydrogen-bond donors (Lipinski definition) is 11. The maximum atomic E-state index is 14.0. The number of guanidine groups is 1. The van der Waals surface area contributed by atoms with Crippen molar-refractivity contribution in [3.05, 3.63) is 95.6 Å². The molecule has 0 fully saturated rings. The van der Waals surface area contributed by atoms with E-state index in [1.54, 1.807) is 0 Å². The van der Waals surface area contributed by atoms with Crippen molar-refractivity contribution in [2.75, 3.05) is 13.1 Å². The first kappa shape index (κ1) is 42.1. The van der Waals surface area contributed by atoms with Gasteiger partial charge >= 0.3 is 0 Å². The smallest absolute Gasteiger partial charge is 0.243 e. The zero-order valence-corrected chi connectivity index (χ0v) is 30.3. The molecule has 15 heteroatoms. The zero-order chi connectivity index (χ0) is 38.8. The summed E-state index contributed by atoms with van der Waals surface area (Å²) in [5, 5.41) is 21.3. The van der Waals surface area contributed by atoms with Gasteiger partial charge in [0.05, 0.1) is 6.04 Å². The van der Waals surface area contributed by atoms with E-state index in [0.717, 1.165) is 27.8 Å². The number of benzene rings is 3. The summed E-state index contributed by atoms with van der Waals surface area (Å²) < 4.78 is 0. The lowest BCUT2D eigenvalue weighted by atomic mass is 9.99. The lowest BCUT2D eigenvalue weighted by Gasteiger charge is -2.26. The predicted molar refractivity (Wildman–Crippen MR) is 207 cm³/mol. The Bertz CT molecular complexity index is 1620. The van der Waals surface area contributed by atoms with Gasteiger partial charge in [0.1, 0.15) is 24.4 Å². The molecule has 3 rings (SSSR count). The number of primary amides is 1. The van der Waals surface area contributed by atoms with Crippen LogP contribution in [0.3, 0.4) is 0 Å². The Hall–Kier alpha value is -5.35. The van der Waals surface area contributed by atoms with Crippen LogP contribution < -0.4 is 55.3 Å². The number of carbonyl (C=O) groups excluding carboxylic acids is 4. The Morgan fingerprint density at radius 1 is 0.623 bits per heavy atom. The molecule has 0 bridgehead atoms. The summed E-state index contributed by atoms with van der Waals surface area (Å²) in [4.78, 5) is 53.5. The van der Waals surface area contributed by atoms with Crippen LogP contribution in [-0.4, -0.2) is 73.1 Å². The van der Waals surface area contributed by atoms with Crippen molar-refractivity contribution in [2.45, 2.75) is 82.3 Å². The fourth-order valence-electron chi connectivity index (χ4n) is 5.63. The lowest BCUT2D eigenvalue weighted by molar-refractivity contribution is -0.133. The molecule has 0 heterocycles. The number of unbranched alkanes of at least 4 members (excludes halogenated alkanes) is 1. The van der Waals surface area contributed by atoms with Crippen LogP contribution in [0.15, 0.2) is 78.9 Å². The highest BCUT2D eigenvalue weighted by Crippen LogP contribution is 2.20. The molecule has 3 aromatic carbocycles. The number of nitrogens with one attached hydrogen (secondary N) is 6. The van der Waals surface area contributed by atoms with Crippen molar-refractivity contribution >= 4 is 29.6 Å². The first-order chi connectivity index (χ1) is 25.3. The Labute approximate surface area is 311 Å². The summed E-state index contributed by atoms with van der Waals surface area (Å²) in [6, 6.07) is 20.9. The summed E-state index contributed by atoms with van der Waals surface area (Å²) in [6.45, 7) is 2.75. The van der Waals surface area contributed by atoms with Crippen LogP contribution in [0.5, 0.6) is 0 Å². The van der Waals surface area contributed by atoms with E-state index < -0.39 is 54.1 Å². The first-order valence-corrected chi connectivity index (χ1v) is 17.8. The second-order valence-electron chi connectivity index (χ2n) is 13.1. The summed E-state index contributed by atoms with van der Waals surface area (Å²) in [5.41, 5.74) is 33.1. The fraction of sp³-hybridized carbons (Fsp3) is 0.395. The molecule has 0 unspecified atom stereocenters. The molecule has 4 amide bonds. The van der Waals surface area contributed by atoms with E-state index in [1.165, 1.54) is 0 Å². The van der Waals surface area contributed by atoms with Gasteiger partial charge < -0.3 is 49.9 Å². The average molecular weight is 730 g/mol. The Balaban J connectivity index is 1.82. The van der Waals surface area contributed by atoms with Gasteiger partial charge in [0.25, 0.3) is 0 Å². The van der Waals surface area contributed by atoms with Crippen LogP contribution in [0, 0.1) is 12.3 Å². The standard InChI is InChI=1S/C38H55N11O4/c1-24-12-14-25(15-13-24)22-29(39)34(51)48-31(10-5-6-20-45-37(41)42)35(52)49-32(36(53)47-30(33(40)50)11-7-21-46-38(43)44)23-26-16-18-28(19-17-26)27-8-3-2-4-9-27/h2-4,8-9,12-19,29-32,38,46H,5-7,10-11,20-23,39,43-44H2,1H3,(H2,40,50)(H,47,53)(H,48,51)(H,49,52)(H4,41,42,45)/t29-,30-,31-,32-/m0/s1. The Kier molecular flexibility index (Phi) is 17.4. The molecule has 3 aromatic rings. The van der Waals surface area contributed by atoms with Crippen molar-refractivity contribution in [1.29, 1.82) is 5.41 Å². The number of rotatable bonds is 22. The van der Waals surface area contributed by atoms with E-state index in [2.05, 4.69) is 26.6 Å². The number of aryl methyl sites for hydroxylation is 1. The summed E-state index contributed by atoms with van der Waals surface area (Å²) in [6.07, 6.45) is 1.50. The van der Waals surface area contributed by atoms with Crippen LogP contribution >= 0.6 is 0 Å². The quantitative estimate of drug-likeness (QED) is 0.0284. The molecule has 0 spiro atoms. The van der Waals surface area contributed by atoms with E-state index >= 15 is 0 Å². The maximum Gasteiger partial charge on any atom is 0.243 e. The highest BCUT2D eigenvalue weighted by molar-refractivity contribution is 5.94. The van der Waals surface area contributed by atoms with Crippen LogP contribution in [-0.2, 0) is 32.0 Å². The SMILES string of the molecule is Cc1ccc(C[C@H](N)C(=O)N[C@@H](CCCCNC(=N)N)C(=O)N[C@@H](Cc2ccc(-c3ccccc3)cc2)C(=O)N[C@@H](CCCNC(N)N)C(N)=O)cc1. The molecule has 4 atom stereocenters. The van der Waals surface area contributed by atoms with Crippen molar-refractivity contribution in [3.63, 3.8) is 0 Å². The molecule has 0 aromatic heterocycles. The van der Waals surface area contributed by atoms with Gasteiger partial charge in [-0.25, -0.2) is 0 Å². The average Bonchev–Trinajstić information content (AvgIpc) is 3.13. The van der Waals surface area contributed by atoms with Gasteiger partial charge in [0, 0.05) is 13.0 Å². The molecule has 0 saturated carbocycles. The van der Waals surface area contributed by atoms with Gasteiger partial charge in [-0.3, -0.25) is 29.9 Å². The minimum atomic E-state index is -1.14.